The second kappa shape index (κ2) is 7.88. The Bertz CT molecular complexity index is 1110. The first kappa shape index (κ1) is 19.0. The molecule has 8 nitrogen and oxygen atoms in total. The van der Waals surface area contributed by atoms with Crippen LogP contribution in [0.2, 0.25) is 0 Å². The number of hydrogen-bond acceptors (Lipinski definition) is 6. The number of nitriles is 1. The van der Waals surface area contributed by atoms with Crippen LogP contribution in [0, 0.1) is 25.2 Å². The molecule has 1 amide bonds. The molecule has 1 aromatic carbocycles. The molecule has 2 heterocycles. The van der Waals surface area contributed by atoms with Gasteiger partial charge in [0.25, 0.3) is 0 Å². The molecule has 2 aromatic heterocycles. The summed E-state index contributed by atoms with van der Waals surface area (Å²) in [5.41, 5.74) is 3.05. The largest absolute Gasteiger partial charge is 0.469 e. The van der Waals surface area contributed by atoms with Crippen LogP contribution in [0.4, 0.5) is 5.82 Å². The lowest BCUT2D eigenvalue weighted by Crippen LogP contribution is -2.17. The number of hydrogen-bond donors (Lipinski definition) is 1. The molecule has 0 spiro atoms. The fourth-order valence-electron chi connectivity index (χ4n) is 2.89. The quantitative estimate of drug-likeness (QED) is 0.685. The zero-order valence-corrected chi connectivity index (χ0v) is 15.8. The first-order chi connectivity index (χ1) is 13.4. The van der Waals surface area contributed by atoms with Crippen molar-refractivity contribution in [2.24, 2.45) is 0 Å². The molecule has 0 bridgehead atoms. The van der Waals surface area contributed by atoms with Gasteiger partial charge in [0.05, 0.1) is 25.2 Å². The van der Waals surface area contributed by atoms with E-state index >= 15 is 0 Å². The summed E-state index contributed by atoms with van der Waals surface area (Å²) < 4.78 is 5.96. The third-order valence-electron chi connectivity index (χ3n) is 4.38. The lowest BCUT2D eigenvalue weighted by molar-refractivity contribution is -0.141. The van der Waals surface area contributed by atoms with Crippen LogP contribution in [0.5, 0.6) is 0 Å². The van der Waals surface area contributed by atoms with E-state index in [1.807, 2.05) is 44.2 Å². The molecule has 142 valence electrons. The van der Waals surface area contributed by atoms with E-state index in [0.29, 0.717) is 5.82 Å². The van der Waals surface area contributed by atoms with Gasteiger partial charge >= 0.3 is 5.97 Å². The maximum Gasteiger partial charge on any atom is 0.306 e. The van der Waals surface area contributed by atoms with Crippen molar-refractivity contribution in [1.82, 2.24) is 14.8 Å². The van der Waals surface area contributed by atoms with Gasteiger partial charge < -0.3 is 10.1 Å². The molecule has 0 unspecified atom stereocenters. The lowest BCUT2D eigenvalue weighted by Gasteiger charge is -2.12. The van der Waals surface area contributed by atoms with Crippen LogP contribution in [0.3, 0.4) is 0 Å². The van der Waals surface area contributed by atoms with Gasteiger partial charge in [0.15, 0.2) is 11.6 Å². The minimum absolute atomic E-state index is 0.0507. The van der Waals surface area contributed by atoms with E-state index in [2.05, 4.69) is 20.1 Å². The summed E-state index contributed by atoms with van der Waals surface area (Å²) in [6, 6.07) is 9.80. The van der Waals surface area contributed by atoms with E-state index in [0.717, 1.165) is 22.0 Å². The number of fused-ring (bicyclic) bond motifs is 1. The maximum absolute atomic E-state index is 12.2. The van der Waals surface area contributed by atoms with Gasteiger partial charge in [0.1, 0.15) is 11.6 Å². The number of aryl methyl sites for hydroxylation is 2. The first-order valence-electron chi connectivity index (χ1n) is 8.66. The van der Waals surface area contributed by atoms with E-state index < -0.39 is 11.9 Å². The Labute approximate surface area is 161 Å². The topological polar surface area (TPSA) is 110 Å². The van der Waals surface area contributed by atoms with Gasteiger partial charge in [0.2, 0.25) is 5.91 Å². The molecule has 0 radical (unpaired) electrons. The summed E-state index contributed by atoms with van der Waals surface area (Å²) in [4.78, 5) is 28.1. The molecule has 0 aliphatic heterocycles. The number of carbonyl (C=O) groups is 2. The van der Waals surface area contributed by atoms with E-state index in [9.17, 15) is 14.9 Å². The highest BCUT2D eigenvalue weighted by atomic mass is 16.5. The number of amides is 1. The van der Waals surface area contributed by atoms with Crippen LogP contribution in [-0.2, 0) is 14.3 Å². The average Bonchev–Trinajstić information content (AvgIpc) is 3.09. The summed E-state index contributed by atoms with van der Waals surface area (Å²) in [6.45, 7) is 3.94. The molecular formula is C20H19N5O3. The Morgan fingerprint density at radius 3 is 2.75 bits per heavy atom. The smallest absolute Gasteiger partial charge is 0.306 e. The summed E-state index contributed by atoms with van der Waals surface area (Å²) in [5.74, 6) is -0.190. The van der Waals surface area contributed by atoms with Crippen molar-refractivity contribution in [3.8, 4) is 11.9 Å². The maximum atomic E-state index is 12.2. The number of nitrogens with one attached hydrogen (secondary N) is 1. The van der Waals surface area contributed by atoms with Gasteiger partial charge in [-0.05, 0) is 31.0 Å². The number of nitrogens with zero attached hydrogens (tertiary/aromatic N) is 4. The van der Waals surface area contributed by atoms with Crippen LogP contribution in [0.25, 0.3) is 16.7 Å². The molecule has 0 fully saturated rings. The van der Waals surface area contributed by atoms with Crippen molar-refractivity contribution < 1.29 is 14.3 Å². The normalized spacial score (nSPS) is 10.5. The van der Waals surface area contributed by atoms with Crippen LogP contribution in [-0.4, -0.2) is 33.8 Å². The number of benzene rings is 1. The Balaban J connectivity index is 2.00. The van der Waals surface area contributed by atoms with Gasteiger partial charge in [0, 0.05) is 11.8 Å². The molecule has 0 aliphatic rings. The van der Waals surface area contributed by atoms with E-state index in [-0.39, 0.29) is 24.2 Å². The number of para-hydroxylation sites is 1. The Morgan fingerprint density at radius 2 is 2.04 bits per heavy atom. The standard InChI is InChI=1S/C20H19N5O3/c1-12-5-4-6-15-13(2)9-16(23-19(12)15)25-20(14(10-21)11-22-25)24-17(26)7-8-18(27)28-3/h4-6,9,11H,7-8H2,1-3H3,(H,24,26). The van der Waals surface area contributed by atoms with Crippen LogP contribution >= 0.6 is 0 Å². The molecule has 0 saturated carbocycles. The highest BCUT2D eigenvalue weighted by Gasteiger charge is 2.18. The van der Waals surface area contributed by atoms with E-state index in [1.54, 1.807) is 0 Å². The van der Waals surface area contributed by atoms with Crippen LogP contribution in [0.15, 0.2) is 30.5 Å². The van der Waals surface area contributed by atoms with Crippen molar-refractivity contribution in [2.45, 2.75) is 26.7 Å². The first-order valence-corrected chi connectivity index (χ1v) is 8.66. The number of rotatable bonds is 5. The van der Waals surface area contributed by atoms with Crippen molar-refractivity contribution in [2.75, 3.05) is 12.4 Å². The summed E-state index contributed by atoms with van der Waals surface area (Å²) in [5, 5.41) is 17.3. The zero-order chi connectivity index (χ0) is 20.3. The molecule has 0 atom stereocenters. The van der Waals surface area contributed by atoms with Crippen molar-refractivity contribution in [3.63, 3.8) is 0 Å². The van der Waals surface area contributed by atoms with E-state index in [1.165, 1.54) is 18.0 Å². The van der Waals surface area contributed by atoms with Gasteiger partial charge in [-0.25, -0.2) is 4.98 Å². The number of esters is 1. The summed E-state index contributed by atoms with van der Waals surface area (Å²) in [7, 11) is 1.26. The monoisotopic (exact) mass is 377 g/mol. The molecular weight excluding hydrogens is 358 g/mol. The summed E-state index contributed by atoms with van der Waals surface area (Å²) in [6.07, 6.45) is 1.26. The number of pyridine rings is 1. The minimum atomic E-state index is -0.480. The van der Waals surface area contributed by atoms with Gasteiger partial charge in [-0.1, -0.05) is 18.2 Å². The predicted molar refractivity (Wildman–Crippen MR) is 103 cm³/mol. The fraction of sp³-hybridized carbons (Fsp3) is 0.250. The van der Waals surface area contributed by atoms with Crippen LogP contribution < -0.4 is 5.32 Å². The number of aromatic nitrogens is 3. The van der Waals surface area contributed by atoms with Crippen LogP contribution in [0.1, 0.15) is 29.5 Å². The third kappa shape index (κ3) is 3.69. The number of methoxy groups -OCH3 is 1. The number of carbonyl (C=O) groups excluding carboxylic acids is 2. The van der Waals surface area contributed by atoms with E-state index in [4.69, 9.17) is 0 Å². The predicted octanol–water partition coefficient (Wildman–Crippen LogP) is 2.80. The zero-order valence-electron chi connectivity index (χ0n) is 15.8. The second-order valence-electron chi connectivity index (χ2n) is 6.32. The Kier molecular flexibility index (Phi) is 5.36. The summed E-state index contributed by atoms with van der Waals surface area (Å²) >= 11 is 0. The fourth-order valence-corrected chi connectivity index (χ4v) is 2.89. The highest BCUT2D eigenvalue weighted by Crippen LogP contribution is 2.25. The molecule has 8 heteroatoms. The number of ether oxygens (including phenoxy) is 1. The third-order valence-corrected chi connectivity index (χ3v) is 4.38. The molecule has 28 heavy (non-hydrogen) atoms. The SMILES string of the molecule is COC(=O)CCC(=O)Nc1c(C#N)cnn1-c1cc(C)c2cccc(C)c2n1. The second-order valence-corrected chi connectivity index (χ2v) is 6.32. The van der Waals surface area contributed by atoms with Crippen molar-refractivity contribution in [1.29, 1.82) is 5.26 Å². The molecule has 3 aromatic rings. The van der Waals surface area contributed by atoms with Gasteiger partial charge in [-0.2, -0.15) is 15.0 Å². The average molecular weight is 377 g/mol. The van der Waals surface area contributed by atoms with Crippen molar-refractivity contribution >= 4 is 28.6 Å². The Hall–Kier alpha value is -3.73. The molecule has 0 saturated heterocycles. The highest BCUT2D eigenvalue weighted by molar-refractivity contribution is 5.93. The minimum Gasteiger partial charge on any atom is -0.469 e. The number of anilines is 1. The molecule has 1 N–H and O–H groups in total. The molecule has 0 aliphatic carbocycles. The lowest BCUT2D eigenvalue weighted by atomic mass is 10.1. The van der Waals surface area contributed by atoms with Gasteiger partial charge in [-0.3, -0.25) is 9.59 Å². The molecule has 3 rings (SSSR count). The Morgan fingerprint density at radius 1 is 1.25 bits per heavy atom. The van der Waals surface area contributed by atoms with Gasteiger partial charge in [-0.15, -0.1) is 0 Å². The van der Waals surface area contributed by atoms with Crippen molar-refractivity contribution in [3.05, 3.63) is 47.2 Å².